The largest absolute Gasteiger partial charge is 0.309 e. The maximum Gasteiger partial charge on any atom is 0.162 e. The van der Waals surface area contributed by atoms with E-state index in [9.17, 15) is 0 Å². The summed E-state index contributed by atoms with van der Waals surface area (Å²) in [6.07, 6.45) is 3.56. The maximum atomic E-state index is 5.02. The van der Waals surface area contributed by atoms with Crippen LogP contribution in [0.5, 0.6) is 0 Å². The van der Waals surface area contributed by atoms with Gasteiger partial charge < -0.3 is 4.57 Å². The van der Waals surface area contributed by atoms with Crippen LogP contribution in [0.3, 0.4) is 0 Å². The van der Waals surface area contributed by atoms with Crippen LogP contribution in [0.2, 0.25) is 0 Å². The molecule has 5 heteroatoms. The van der Waals surface area contributed by atoms with Crippen LogP contribution < -0.4 is 0 Å². The second-order valence-corrected chi connectivity index (χ2v) is 8.78. The van der Waals surface area contributed by atoms with E-state index in [1.54, 1.807) is 12.4 Å². The molecule has 0 aliphatic rings. The smallest absolute Gasteiger partial charge is 0.162 e. The van der Waals surface area contributed by atoms with Gasteiger partial charge in [-0.1, -0.05) is 60.7 Å². The topological polar surface area (TPSA) is 56.5 Å². The summed E-state index contributed by atoms with van der Waals surface area (Å²) >= 11 is 0. The number of pyridine rings is 2. The number of hydrogen-bond acceptors (Lipinski definition) is 4. The molecule has 0 amide bonds. The summed E-state index contributed by atoms with van der Waals surface area (Å²) in [6, 6.07) is 39.0. The zero-order chi connectivity index (χ0) is 24.6. The van der Waals surface area contributed by atoms with Gasteiger partial charge in [-0.25, -0.2) is 9.97 Å². The van der Waals surface area contributed by atoms with E-state index < -0.39 is 0 Å². The predicted octanol–water partition coefficient (Wildman–Crippen LogP) is 7.36. The second-order valence-electron chi connectivity index (χ2n) is 8.78. The quantitative estimate of drug-likeness (QED) is 0.267. The Hall–Kier alpha value is -5.16. The number of rotatable bonds is 4. The van der Waals surface area contributed by atoms with Crippen LogP contribution in [0, 0.1) is 0 Å². The van der Waals surface area contributed by atoms with E-state index >= 15 is 0 Å². The number of hydrogen-bond donors (Lipinski definition) is 0. The number of aromatic nitrogens is 5. The Morgan fingerprint density at radius 3 is 1.54 bits per heavy atom. The average Bonchev–Trinajstić information content (AvgIpc) is 3.32. The van der Waals surface area contributed by atoms with E-state index in [1.807, 2.05) is 48.5 Å². The molecule has 4 heterocycles. The average molecular weight is 476 g/mol. The molecule has 0 atom stereocenters. The summed E-state index contributed by atoms with van der Waals surface area (Å²) < 4.78 is 2.30. The van der Waals surface area contributed by atoms with Crippen molar-refractivity contribution >= 4 is 21.8 Å². The monoisotopic (exact) mass is 475 g/mol. The minimum atomic E-state index is 0.626. The van der Waals surface area contributed by atoms with Crippen molar-refractivity contribution in [2.45, 2.75) is 0 Å². The molecule has 0 aliphatic carbocycles. The zero-order valence-electron chi connectivity index (χ0n) is 19.9. The molecule has 4 aromatic heterocycles. The van der Waals surface area contributed by atoms with Gasteiger partial charge >= 0.3 is 0 Å². The van der Waals surface area contributed by atoms with Gasteiger partial charge in [0.05, 0.1) is 39.5 Å². The lowest BCUT2D eigenvalue weighted by atomic mass is 10.1. The number of para-hydroxylation sites is 3. The first-order valence-corrected chi connectivity index (χ1v) is 12.2. The van der Waals surface area contributed by atoms with Crippen LogP contribution in [0.1, 0.15) is 0 Å². The highest BCUT2D eigenvalue weighted by molar-refractivity contribution is 6.09. The molecule has 0 radical (unpaired) electrons. The Bertz CT molecular complexity index is 1760. The zero-order valence-corrected chi connectivity index (χ0v) is 19.9. The van der Waals surface area contributed by atoms with Crippen molar-refractivity contribution in [1.82, 2.24) is 24.5 Å². The Kier molecular flexibility index (Phi) is 5.03. The molecule has 7 rings (SSSR count). The Balaban J connectivity index is 1.52. The van der Waals surface area contributed by atoms with Crippen LogP contribution in [0.15, 0.2) is 128 Å². The third-order valence-corrected chi connectivity index (χ3v) is 6.55. The Morgan fingerprint density at radius 2 is 0.973 bits per heavy atom. The van der Waals surface area contributed by atoms with Gasteiger partial charge in [-0.2, -0.15) is 0 Å². The number of benzene rings is 3. The van der Waals surface area contributed by atoms with Crippen LogP contribution in [0.25, 0.3) is 61.7 Å². The molecular formula is C32H21N5. The van der Waals surface area contributed by atoms with Crippen LogP contribution in [-0.2, 0) is 0 Å². The van der Waals surface area contributed by atoms with Gasteiger partial charge in [0, 0.05) is 28.7 Å². The van der Waals surface area contributed by atoms with Crippen LogP contribution in [0.4, 0.5) is 0 Å². The van der Waals surface area contributed by atoms with Gasteiger partial charge in [0.1, 0.15) is 0 Å². The first-order valence-electron chi connectivity index (χ1n) is 12.2. The third-order valence-electron chi connectivity index (χ3n) is 6.55. The summed E-state index contributed by atoms with van der Waals surface area (Å²) in [6.45, 7) is 0. The third kappa shape index (κ3) is 3.65. The summed E-state index contributed by atoms with van der Waals surface area (Å²) in [5.74, 6) is 0.626. The molecule has 0 fully saturated rings. The summed E-state index contributed by atoms with van der Waals surface area (Å²) in [4.78, 5) is 19.1. The fraction of sp³-hybridized carbons (Fsp3) is 0. The van der Waals surface area contributed by atoms with Crippen molar-refractivity contribution < 1.29 is 0 Å². The van der Waals surface area contributed by atoms with E-state index in [4.69, 9.17) is 9.97 Å². The molecule has 0 spiro atoms. The van der Waals surface area contributed by atoms with Gasteiger partial charge in [-0.15, -0.1) is 0 Å². The molecule has 174 valence electrons. The maximum absolute atomic E-state index is 5.02. The minimum Gasteiger partial charge on any atom is -0.309 e. The molecule has 3 aromatic carbocycles. The van der Waals surface area contributed by atoms with Crippen molar-refractivity contribution in [2.24, 2.45) is 0 Å². The second kappa shape index (κ2) is 8.81. The first kappa shape index (κ1) is 21.1. The van der Waals surface area contributed by atoms with E-state index in [1.165, 1.54) is 10.8 Å². The minimum absolute atomic E-state index is 0.626. The standard InChI is InChI=1S/C32H21N5/c1-4-16-29-22(11-1)23-12-2-5-17-30(23)37(29)31-18-6-3-13-24(31)32-35-27(25-14-7-9-19-33-25)21-28(36-32)26-15-8-10-20-34-26/h1-21H. The molecule has 0 saturated heterocycles. The molecule has 0 saturated carbocycles. The molecule has 0 N–H and O–H groups in total. The highest BCUT2D eigenvalue weighted by atomic mass is 15.0. The molecule has 0 bridgehead atoms. The fourth-order valence-electron chi connectivity index (χ4n) is 4.90. The molecule has 37 heavy (non-hydrogen) atoms. The van der Waals surface area contributed by atoms with Crippen molar-refractivity contribution in [3.05, 3.63) is 128 Å². The lowest BCUT2D eigenvalue weighted by molar-refractivity contribution is 1.12. The van der Waals surface area contributed by atoms with Gasteiger partial charge in [0.2, 0.25) is 0 Å². The van der Waals surface area contributed by atoms with Crippen molar-refractivity contribution in [3.63, 3.8) is 0 Å². The number of nitrogens with zero attached hydrogens (tertiary/aromatic N) is 5. The van der Waals surface area contributed by atoms with Gasteiger partial charge in [-0.05, 0) is 54.6 Å². The van der Waals surface area contributed by atoms with Gasteiger partial charge in [0.25, 0.3) is 0 Å². The van der Waals surface area contributed by atoms with E-state index in [0.717, 1.165) is 45.1 Å². The highest BCUT2D eigenvalue weighted by Gasteiger charge is 2.18. The molecular weight excluding hydrogens is 454 g/mol. The first-order chi connectivity index (χ1) is 18.4. The molecule has 7 aromatic rings. The number of fused-ring (bicyclic) bond motifs is 3. The van der Waals surface area contributed by atoms with Crippen molar-refractivity contribution in [2.75, 3.05) is 0 Å². The molecule has 0 unspecified atom stereocenters. The van der Waals surface area contributed by atoms with E-state index in [2.05, 4.69) is 81.3 Å². The van der Waals surface area contributed by atoms with Gasteiger partial charge in [0.15, 0.2) is 5.82 Å². The highest BCUT2D eigenvalue weighted by Crippen LogP contribution is 2.36. The van der Waals surface area contributed by atoms with E-state index in [-0.39, 0.29) is 0 Å². The molecule has 0 aliphatic heterocycles. The SMILES string of the molecule is c1ccc(-c2cc(-c3ccccn3)nc(-c3ccccc3-n3c4ccccc4c4ccccc43)n2)nc1. The summed E-state index contributed by atoms with van der Waals surface area (Å²) in [5, 5.41) is 2.43. The fourth-order valence-corrected chi connectivity index (χ4v) is 4.90. The lowest BCUT2D eigenvalue weighted by Crippen LogP contribution is -2.02. The van der Waals surface area contributed by atoms with Crippen LogP contribution in [-0.4, -0.2) is 24.5 Å². The lowest BCUT2D eigenvalue weighted by Gasteiger charge is -2.14. The van der Waals surface area contributed by atoms with Crippen molar-refractivity contribution in [3.8, 4) is 39.9 Å². The Labute approximate surface area is 213 Å². The van der Waals surface area contributed by atoms with Crippen LogP contribution >= 0.6 is 0 Å². The Morgan fingerprint density at radius 1 is 0.459 bits per heavy atom. The summed E-state index contributed by atoms with van der Waals surface area (Å²) in [5.41, 5.74) is 7.32. The van der Waals surface area contributed by atoms with Crippen molar-refractivity contribution in [1.29, 1.82) is 0 Å². The predicted molar refractivity (Wildman–Crippen MR) is 148 cm³/mol. The summed E-state index contributed by atoms with van der Waals surface area (Å²) in [7, 11) is 0. The molecule has 5 nitrogen and oxygen atoms in total. The normalized spacial score (nSPS) is 11.2. The van der Waals surface area contributed by atoms with E-state index in [0.29, 0.717) is 5.82 Å². The van der Waals surface area contributed by atoms with Gasteiger partial charge in [-0.3, -0.25) is 9.97 Å².